The van der Waals surface area contributed by atoms with Crippen molar-refractivity contribution >= 4 is 33.3 Å². The van der Waals surface area contributed by atoms with Crippen LogP contribution < -0.4 is 14.9 Å². The third-order valence-corrected chi connectivity index (χ3v) is 13.6. The maximum Gasteiger partial charge on any atom is 0.299 e. The summed E-state index contributed by atoms with van der Waals surface area (Å²) in [5, 5.41) is 24.7. The molecule has 2 aliphatic heterocycles. The Morgan fingerprint density at radius 3 is 2.38 bits per heavy atom. The van der Waals surface area contributed by atoms with Crippen LogP contribution in [0.15, 0.2) is 107 Å². The number of hydrogen-bond donors (Lipinski definition) is 3. The fourth-order valence-corrected chi connectivity index (χ4v) is 9.64. The molecule has 0 aromatic heterocycles. The van der Waals surface area contributed by atoms with E-state index in [0.717, 1.165) is 62.6 Å². The van der Waals surface area contributed by atoms with Gasteiger partial charge in [0, 0.05) is 78.6 Å². The first kappa shape index (κ1) is 40.6. The van der Waals surface area contributed by atoms with Crippen LogP contribution in [0.2, 0.25) is 0 Å². The van der Waals surface area contributed by atoms with Crippen LogP contribution in [0.5, 0.6) is 0 Å². The van der Waals surface area contributed by atoms with Crippen LogP contribution >= 0.6 is 11.8 Å². The molecule has 3 N–H and O–H groups in total. The van der Waals surface area contributed by atoms with Crippen molar-refractivity contribution in [3.63, 3.8) is 0 Å². The summed E-state index contributed by atoms with van der Waals surface area (Å²) >= 11 is 1.60. The zero-order chi connectivity index (χ0) is 38.9. The molecule has 2 fully saturated rings. The van der Waals surface area contributed by atoms with E-state index in [4.69, 9.17) is 14.9 Å². The standard InChI is InChI=1S/C41H52N6O6S2/c1-32-9-6-7-10-34(32)29-40(52-2)20-23-46(24-21-40)36-16-14-33(15-17-36)39(42)44-55(50,51)38-13-8-19-41(30-38,47(48)49)43-35(18-22-45-25-27-53-28-26-45)31-54-37-11-4-3-5-12-37/h3-17,19,35,43H,18,20-31H2,1-2H3,(H2,42,44)/t35-,41?/m1/s1. The SMILES string of the molecule is COC1(Cc2ccccc2C)CCN(c2ccc(C(=N)NS(=O)(=O)C3=CC=CC(N[C@H](CCN4CCOCC4)CSc4ccccc4)([N+](=O)[O-])C3)cc2)CC1. The van der Waals surface area contributed by atoms with Gasteiger partial charge >= 0.3 is 0 Å². The van der Waals surface area contributed by atoms with Crippen LogP contribution in [0.4, 0.5) is 5.69 Å². The molecule has 6 rings (SSSR count). The third-order valence-electron chi connectivity index (χ3n) is 11.0. The van der Waals surface area contributed by atoms with Crippen molar-refractivity contribution in [2.75, 3.05) is 63.7 Å². The number of ether oxygens (including phenoxy) is 2. The number of sulfonamides is 1. The Balaban J connectivity index is 1.08. The maximum absolute atomic E-state index is 13.7. The average Bonchev–Trinajstić information content (AvgIpc) is 3.21. The lowest BCUT2D eigenvalue weighted by Gasteiger charge is -2.42. The second-order valence-electron chi connectivity index (χ2n) is 14.6. The average molecular weight is 789 g/mol. The van der Waals surface area contributed by atoms with Gasteiger partial charge in [-0.15, -0.1) is 11.8 Å². The number of allylic oxidation sites excluding steroid dienone is 2. The number of benzene rings is 3. The first-order chi connectivity index (χ1) is 26.5. The Hall–Kier alpha value is -4.05. The van der Waals surface area contributed by atoms with Gasteiger partial charge in [-0.25, -0.2) is 13.7 Å². The number of nitrogens with one attached hydrogen (secondary N) is 3. The minimum atomic E-state index is -4.29. The lowest BCUT2D eigenvalue weighted by molar-refractivity contribution is -0.563. The molecule has 0 radical (unpaired) electrons. The molecule has 2 atom stereocenters. The Morgan fingerprint density at radius 2 is 1.71 bits per heavy atom. The predicted octanol–water partition coefficient (Wildman–Crippen LogP) is 5.76. The van der Waals surface area contributed by atoms with Gasteiger partial charge in [-0.1, -0.05) is 48.5 Å². The number of nitro groups is 1. The van der Waals surface area contributed by atoms with Crippen molar-refractivity contribution in [1.82, 2.24) is 14.9 Å². The smallest absolute Gasteiger partial charge is 0.299 e. The van der Waals surface area contributed by atoms with E-state index in [1.54, 1.807) is 31.0 Å². The van der Waals surface area contributed by atoms with E-state index in [2.05, 4.69) is 51.0 Å². The summed E-state index contributed by atoms with van der Waals surface area (Å²) in [6.45, 7) is 7.36. The highest BCUT2D eigenvalue weighted by Crippen LogP contribution is 2.33. The van der Waals surface area contributed by atoms with Crippen molar-refractivity contribution in [2.24, 2.45) is 0 Å². The molecular weight excluding hydrogens is 737 g/mol. The summed E-state index contributed by atoms with van der Waals surface area (Å²) in [4.78, 5) is 17.8. The van der Waals surface area contributed by atoms with Crippen LogP contribution in [0.25, 0.3) is 0 Å². The topological polar surface area (TPSA) is 150 Å². The number of amidine groups is 1. The van der Waals surface area contributed by atoms with Gasteiger partial charge in [0.15, 0.2) is 0 Å². The highest BCUT2D eigenvalue weighted by atomic mass is 32.2. The number of piperidine rings is 1. The quantitative estimate of drug-likeness (QED) is 0.0409. The summed E-state index contributed by atoms with van der Waals surface area (Å²) in [6, 6.07) is 25.2. The molecule has 0 amide bonds. The number of nitrogens with zero attached hydrogens (tertiary/aromatic N) is 3. The van der Waals surface area contributed by atoms with Crippen molar-refractivity contribution in [3.8, 4) is 0 Å². The summed E-state index contributed by atoms with van der Waals surface area (Å²) in [7, 11) is -2.50. The molecule has 14 heteroatoms. The second kappa shape index (κ2) is 18.3. The zero-order valence-corrected chi connectivity index (χ0v) is 33.2. The van der Waals surface area contributed by atoms with Gasteiger partial charge in [-0.2, -0.15) is 0 Å². The van der Waals surface area contributed by atoms with Gasteiger partial charge in [-0.05, 0) is 86.3 Å². The van der Waals surface area contributed by atoms with E-state index in [0.29, 0.717) is 31.0 Å². The van der Waals surface area contributed by atoms with E-state index in [-0.39, 0.29) is 22.4 Å². The first-order valence-electron chi connectivity index (χ1n) is 18.8. The molecular formula is C41H52N6O6S2. The third kappa shape index (κ3) is 10.4. The van der Waals surface area contributed by atoms with E-state index in [1.807, 2.05) is 42.5 Å². The molecule has 12 nitrogen and oxygen atoms in total. The number of morpholine rings is 1. The van der Waals surface area contributed by atoms with Crippen LogP contribution in [0.1, 0.15) is 42.4 Å². The fraction of sp³-hybridized carbons (Fsp3) is 0.439. The molecule has 55 heavy (non-hydrogen) atoms. The molecule has 3 aromatic rings. The molecule has 0 spiro atoms. The van der Waals surface area contributed by atoms with E-state index in [1.165, 1.54) is 29.4 Å². The van der Waals surface area contributed by atoms with Gasteiger partial charge in [-0.3, -0.25) is 25.1 Å². The number of thioether (sulfide) groups is 1. The van der Waals surface area contributed by atoms with Crippen molar-refractivity contribution < 1.29 is 22.8 Å². The van der Waals surface area contributed by atoms with Crippen LogP contribution in [0.3, 0.4) is 0 Å². The molecule has 3 aliphatic rings. The number of hydrogen-bond acceptors (Lipinski definition) is 11. The summed E-state index contributed by atoms with van der Waals surface area (Å²) in [5.41, 5.74) is 1.85. The summed E-state index contributed by atoms with van der Waals surface area (Å²) in [5.74, 6) is 0.250. The van der Waals surface area contributed by atoms with Crippen molar-refractivity contribution in [2.45, 2.75) is 61.2 Å². The molecule has 0 bridgehead atoms. The minimum absolute atomic E-state index is 0.163. The van der Waals surface area contributed by atoms with Crippen LogP contribution in [-0.4, -0.2) is 100 Å². The molecule has 0 saturated carbocycles. The largest absolute Gasteiger partial charge is 0.379 e. The normalized spacial score (nSPS) is 20.8. The highest BCUT2D eigenvalue weighted by molar-refractivity contribution is 7.99. The van der Waals surface area contributed by atoms with Gasteiger partial charge in [0.25, 0.3) is 15.7 Å². The van der Waals surface area contributed by atoms with Crippen LogP contribution in [-0.2, 0) is 25.9 Å². The van der Waals surface area contributed by atoms with E-state index in [9.17, 15) is 18.5 Å². The van der Waals surface area contributed by atoms with Crippen molar-refractivity contribution in [3.05, 3.63) is 129 Å². The summed E-state index contributed by atoms with van der Waals surface area (Å²) in [6.07, 6.45) is 7.04. The molecule has 294 valence electrons. The Kier molecular flexibility index (Phi) is 13.5. The lowest BCUT2D eigenvalue weighted by atomic mass is 9.83. The number of anilines is 1. The van der Waals surface area contributed by atoms with Gasteiger partial charge < -0.3 is 14.4 Å². The Bertz CT molecular complexity index is 1940. The van der Waals surface area contributed by atoms with Gasteiger partial charge in [0.2, 0.25) is 0 Å². The lowest BCUT2D eigenvalue weighted by Crippen LogP contribution is -2.57. The Labute approximate surface area is 329 Å². The van der Waals surface area contributed by atoms with Crippen LogP contribution in [0, 0.1) is 22.4 Å². The molecule has 2 saturated heterocycles. The Morgan fingerprint density at radius 1 is 1.02 bits per heavy atom. The number of rotatable bonds is 16. The van der Waals surface area contributed by atoms with Gasteiger partial charge in [0.05, 0.1) is 30.1 Å². The predicted molar refractivity (Wildman–Crippen MR) is 219 cm³/mol. The number of aryl methyl sites for hydroxylation is 1. The fourth-order valence-electron chi connectivity index (χ4n) is 7.47. The molecule has 2 heterocycles. The van der Waals surface area contributed by atoms with E-state index < -0.39 is 27.0 Å². The van der Waals surface area contributed by atoms with E-state index >= 15 is 0 Å². The highest BCUT2D eigenvalue weighted by Gasteiger charge is 2.46. The molecule has 1 aliphatic carbocycles. The zero-order valence-electron chi connectivity index (χ0n) is 31.6. The molecule has 3 aromatic carbocycles. The number of methoxy groups -OCH3 is 1. The molecule has 1 unspecified atom stereocenters. The minimum Gasteiger partial charge on any atom is -0.379 e. The van der Waals surface area contributed by atoms with Crippen molar-refractivity contribution in [1.29, 1.82) is 5.41 Å². The monoisotopic (exact) mass is 788 g/mol. The van der Waals surface area contributed by atoms with Gasteiger partial charge in [0.1, 0.15) is 5.84 Å². The summed E-state index contributed by atoms with van der Waals surface area (Å²) < 4.78 is 41.4. The second-order valence-corrected chi connectivity index (χ2v) is 17.4. The first-order valence-corrected chi connectivity index (χ1v) is 21.3. The maximum atomic E-state index is 13.7.